The summed E-state index contributed by atoms with van der Waals surface area (Å²) in [6.07, 6.45) is 0.392. The fraction of sp³-hybridized carbons (Fsp3) is 0.278. The van der Waals surface area contributed by atoms with E-state index in [2.05, 4.69) is 11.4 Å². The van der Waals surface area contributed by atoms with Gasteiger partial charge in [0.2, 0.25) is 5.91 Å². The number of thioether (sulfide) groups is 1. The molecule has 0 atom stereocenters. The summed E-state index contributed by atoms with van der Waals surface area (Å²) < 4.78 is 5.10. The van der Waals surface area contributed by atoms with Crippen LogP contribution >= 0.6 is 23.4 Å². The predicted molar refractivity (Wildman–Crippen MR) is 97.3 cm³/mol. The van der Waals surface area contributed by atoms with Gasteiger partial charge in [0.15, 0.2) is 0 Å². The Kier molecular flexibility index (Phi) is 7.30. The van der Waals surface area contributed by atoms with Crippen molar-refractivity contribution in [2.75, 3.05) is 19.4 Å². The fourth-order valence-electron chi connectivity index (χ4n) is 2.07. The molecule has 2 aromatic carbocycles. The maximum atomic E-state index is 11.9. The molecule has 1 N–H and O–H groups in total. The Bertz CT molecular complexity index is 631. The number of nitrogens with one attached hydrogen (secondary N) is 1. The third-order valence-corrected chi connectivity index (χ3v) is 4.52. The first-order chi connectivity index (χ1) is 11.2. The fourth-order valence-corrected chi connectivity index (χ4v) is 3.09. The highest BCUT2D eigenvalue weighted by Gasteiger charge is 2.03. The Morgan fingerprint density at radius 1 is 1.17 bits per heavy atom. The highest BCUT2D eigenvalue weighted by Crippen LogP contribution is 2.16. The summed E-state index contributed by atoms with van der Waals surface area (Å²) in [4.78, 5) is 11.9. The molecule has 0 aliphatic carbocycles. The zero-order chi connectivity index (χ0) is 16.5. The average molecular weight is 350 g/mol. The van der Waals surface area contributed by atoms with E-state index in [9.17, 15) is 4.79 Å². The molecule has 1 amide bonds. The van der Waals surface area contributed by atoms with Gasteiger partial charge in [-0.1, -0.05) is 35.9 Å². The number of carbonyl (C=O) groups is 1. The van der Waals surface area contributed by atoms with Crippen LogP contribution in [0.4, 0.5) is 0 Å². The van der Waals surface area contributed by atoms with Crippen molar-refractivity contribution in [2.45, 2.75) is 12.2 Å². The third kappa shape index (κ3) is 6.55. The van der Waals surface area contributed by atoms with Gasteiger partial charge < -0.3 is 10.1 Å². The molecule has 23 heavy (non-hydrogen) atoms. The molecule has 0 unspecified atom stereocenters. The van der Waals surface area contributed by atoms with Gasteiger partial charge in [-0.15, -0.1) is 0 Å². The van der Waals surface area contributed by atoms with E-state index in [-0.39, 0.29) is 5.91 Å². The van der Waals surface area contributed by atoms with E-state index in [1.54, 1.807) is 18.9 Å². The molecule has 2 aromatic rings. The number of methoxy groups -OCH3 is 1. The molecule has 0 fully saturated rings. The van der Waals surface area contributed by atoms with Gasteiger partial charge in [0.25, 0.3) is 0 Å². The number of carbonyl (C=O) groups excluding carboxylic acids is 1. The maximum Gasteiger partial charge on any atom is 0.224 e. The molecule has 0 bridgehead atoms. The summed E-state index contributed by atoms with van der Waals surface area (Å²) in [5.74, 6) is 2.61. The molecule has 0 aromatic heterocycles. The van der Waals surface area contributed by atoms with Gasteiger partial charge in [-0.25, -0.2) is 0 Å². The molecule has 0 aliphatic rings. The number of rotatable bonds is 8. The molecule has 0 heterocycles. The van der Waals surface area contributed by atoms with Crippen LogP contribution in [-0.4, -0.2) is 25.3 Å². The van der Waals surface area contributed by atoms with E-state index in [1.807, 2.05) is 42.5 Å². The van der Waals surface area contributed by atoms with Crippen molar-refractivity contribution in [3.63, 3.8) is 0 Å². The van der Waals surface area contributed by atoms with Crippen LogP contribution in [0.15, 0.2) is 48.5 Å². The number of benzene rings is 2. The Balaban J connectivity index is 1.62. The van der Waals surface area contributed by atoms with Crippen molar-refractivity contribution in [1.29, 1.82) is 0 Å². The lowest BCUT2D eigenvalue weighted by atomic mass is 10.1. The second-order valence-electron chi connectivity index (χ2n) is 5.06. The lowest BCUT2D eigenvalue weighted by Gasteiger charge is -2.06. The molecule has 0 saturated carbocycles. The zero-order valence-corrected chi connectivity index (χ0v) is 14.6. The first kappa shape index (κ1) is 17.7. The number of amides is 1. The number of ether oxygens (including phenoxy) is 1. The van der Waals surface area contributed by atoms with E-state index >= 15 is 0 Å². The van der Waals surface area contributed by atoms with E-state index in [0.29, 0.717) is 13.0 Å². The molecule has 122 valence electrons. The Morgan fingerprint density at radius 3 is 2.65 bits per heavy atom. The summed E-state index contributed by atoms with van der Waals surface area (Å²) in [5, 5.41) is 3.70. The van der Waals surface area contributed by atoms with Gasteiger partial charge in [-0.2, -0.15) is 11.8 Å². The summed E-state index contributed by atoms with van der Waals surface area (Å²) >= 11 is 7.73. The van der Waals surface area contributed by atoms with Crippen LogP contribution in [0.3, 0.4) is 0 Å². The number of hydrogen-bond acceptors (Lipinski definition) is 3. The summed E-state index contributed by atoms with van der Waals surface area (Å²) in [5.41, 5.74) is 2.18. The second-order valence-corrected chi connectivity index (χ2v) is 6.60. The SMILES string of the molecule is COc1ccc(CC(=O)NCCSCc2cccc(Cl)c2)cc1. The molecular weight excluding hydrogens is 330 g/mol. The predicted octanol–water partition coefficient (Wildman–Crippen LogP) is 3.94. The van der Waals surface area contributed by atoms with Gasteiger partial charge in [-0.3, -0.25) is 4.79 Å². The normalized spacial score (nSPS) is 10.3. The van der Waals surface area contributed by atoms with Crippen molar-refractivity contribution < 1.29 is 9.53 Å². The van der Waals surface area contributed by atoms with Crippen molar-refractivity contribution >= 4 is 29.3 Å². The average Bonchev–Trinajstić information content (AvgIpc) is 2.55. The minimum atomic E-state index is 0.0403. The first-order valence-corrected chi connectivity index (χ1v) is 8.92. The van der Waals surface area contributed by atoms with Crippen LogP contribution in [0.5, 0.6) is 5.75 Å². The van der Waals surface area contributed by atoms with Crippen molar-refractivity contribution in [1.82, 2.24) is 5.32 Å². The van der Waals surface area contributed by atoms with Crippen LogP contribution in [0, 0.1) is 0 Å². The smallest absolute Gasteiger partial charge is 0.224 e. The van der Waals surface area contributed by atoms with Gasteiger partial charge in [-0.05, 0) is 35.4 Å². The molecular formula is C18H20ClNO2S. The Hall–Kier alpha value is -1.65. The monoisotopic (exact) mass is 349 g/mol. The number of halogens is 1. The highest BCUT2D eigenvalue weighted by molar-refractivity contribution is 7.98. The quantitative estimate of drug-likeness (QED) is 0.733. The minimum absolute atomic E-state index is 0.0403. The van der Waals surface area contributed by atoms with Crippen LogP contribution in [0.1, 0.15) is 11.1 Å². The zero-order valence-electron chi connectivity index (χ0n) is 13.0. The van der Waals surface area contributed by atoms with Gasteiger partial charge in [0.05, 0.1) is 13.5 Å². The standard InChI is InChI=1S/C18H20ClNO2S/c1-22-17-7-5-14(6-8-17)12-18(21)20-9-10-23-13-15-3-2-4-16(19)11-15/h2-8,11H,9-10,12-13H2,1H3,(H,20,21). The van der Waals surface area contributed by atoms with E-state index in [0.717, 1.165) is 27.8 Å². The van der Waals surface area contributed by atoms with E-state index in [4.69, 9.17) is 16.3 Å². The molecule has 0 saturated heterocycles. The largest absolute Gasteiger partial charge is 0.497 e. The molecule has 2 rings (SSSR count). The van der Waals surface area contributed by atoms with Crippen LogP contribution in [-0.2, 0) is 17.0 Å². The molecule has 3 nitrogen and oxygen atoms in total. The Morgan fingerprint density at radius 2 is 1.96 bits per heavy atom. The maximum absolute atomic E-state index is 11.9. The van der Waals surface area contributed by atoms with Crippen molar-refractivity contribution in [2.24, 2.45) is 0 Å². The summed E-state index contributed by atoms with van der Waals surface area (Å²) in [6, 6.07) is 15.4. The minimum Gasteiger partial charge on any atom is -0.497 e. The summed E-state index contributed by atoms with van der Waals surface area (Å²) in [6.45, 7) is 0.667. The molecule has 0 aliphatic heterocycles. The first-order valence-electron chi connectivity index (χ1n) is 7.39. The topological polar surface area (TPSA) is 38.3 Å². The molecule has 0 radical (unpaired) electrons. The molecule has 0 spiro atoms. The van der Waals surface area contributed by atoms with E-state index < -0.39 is 0 Å². The van der Waals surface area contributed by atoms with Crippen LogP contribution in [0.2, 0.25) is 5.02 Å². The van der Waals surface area contributed by atoms with Gasteiger partial charge in [0, 0.05) is 23.1 Å². The lowest BCUT2D eigenvalue weighted by molar-refractivity contribution is -0.120. The van der Waals surface area contributed by atoms with Gasteiger partial charge >= 0.3 is 0 Å². The summed E-state index contributed by atoms with van der Waals surface area (Å²) in [7, 11) is 1.63. The highest BCUT2D eigenvalue weighted by atomic mass is 35.5. The lowest BCUT2D eigenvalue weighted by Crippen LogP contribution is -2.27. The van der Waals surface area contributed by atoms with E-state index in [1.165, 1.54) is 5.56 Å². The molecule has 5 heteroatoms. The van der Waals surface area contributed by atoms with Crippen molar-refractivity contribution in [3.8, 4) is 5.75 Å². The second kappa shape index (κ2) is 9.48. The van der Waals surface area contributed by atoms with Crippen LogP contribution in [0.25, 0.3) is 0 Å². The number of hydrogen-bond donors (Lipinski definition) is 1. The Labute approximate surface area is 146 Å². The van der Waals surface area contributed by atoms with Crippen LogP contribution < -0.4 is 10.1 Å². The van der Waals surface area contributed by atoms with Gasteiger partial charge in [0.1, 0.15) is 5.75 Å². The van der Waals surface area contributed by atoms with Crippen molar-refractivity contribution in [3.05, 3.63) is 64.7 Å². The third-order valence-electron chi connectivity index (χ3n) is 3.25.